The molecule has 1 unspecified atom stereocenters. The van der Waals surface area contributed by atoms with Gasteiger partial charge in [-0.15, -0.1) is 11.3 Å². The fourth-order valence-corrected chi connectivity index (χ4v) is 4.10. The molecular weight excluding hydrogens is 306 g/mol. The second kappa shape index (κ2) is 6.36. The van der Waals surface area contributed by atoms with Crippen molar-refractivity contribution in [2.45, 2.75) is 37.6 Å². The first-order chi connectivity index (χ1) is 10.2. The number of carbonyl (C=O) groups excluding carboxylic acids is 2. The summed E-state index contributed by atoms with van der Waals surface area (Å²) in [5.41, 5.74) is 0.903. The lowest BCUT2D eigenvalue weighted by atomic mass is 10.1. The smallest absolute Gasteiger partial charge is 0.225 e. The van der Waals surface area contributed by atoms with Crippen LogP contribution in [0.3, 0.4) is 0 Å². The summed E-state index contributed by atoms with van der Waals surface area (Å²) >= 11 is 3.36. The number of rotatable bonds is 6. The van der Waals surface area contributed by atoms with Crippen molar-refractivity contribution in [1.82, 2.24) is 15.2 Å². The highest BCUT2D eigenvalue weighted by Crippen LogP contribution is 2.32. The number of hydrogen-bond acceptors (Lipinski definition) is 5. The minimum atomic E-state index is -0.192. The summed E-state index contributed by atoms with van der Waals surface area (Å²) in [5, 5.41) is 5.99. The van der Waals surface area contributed by atoms with Gasteiger partial charge in [0.2, 0.25) is 11.8 Å². The van der Waals surface area contributed by atoms with Crippen LogP contribution >= 0.6 is 23.1 Å². The van der Waals surface area contributed by atoms with E-state index in [1.807, 2.05) is 16.5 Å². The molecule has 1 aromatic rings. The van der Waals surface area contributed by atoms with Crippen LogP contribution in [0.1, 0.15) is 30.0 Å². The minimum Gasteiger partial charge on any atom is -0.350 e. The Kier molecular flexibility index (Phi) is 4.49. The Bertz CT molecular complexity index is 542. The SMILES string of the molecule is CSCc1nc(CNC(=O)C2CC(=O)N(C3CC3)C2)cs1. The van der Waals surface area contributed by atoms with Crippen LogP contribution in [0, 0.1) is 5.92 Å². The summed E-state index contributed by atoms with van der Waals surface area (Å²) in [6.07, 6.45) is 4.59. The Morgan fingerprint density at radius 2 is 2.38 bits per heavy atom. The molecule has 3 rings (SSSR count). The van der Waals surface area contributed by atoms with Gasteiger partial charge in [0, 0.05) is 30.1 Å². The summed E-state index contributed by atoms with van der Waals surface area (Å²) in [6, 6.07) is 0.406. The number of hydrogen-bond donors (Lipinski definition) is 1. The molecule has 1 saturated heterocycles. The van der Waals surface area contributed by atoms with E-state index >= 15 is 0 Å². The van der Waals surface area contributed by atoms with Gasteiger partial charge < -0.3 is 10.2 Å². The summed E-state index contributed by atoms with van der Waals surface area (Å²) in [5.74, 6) is 0.827. The lowest BCUT2D eigenvalue weighted by Crippen LogP contribution is -2.33. The van der Waals surface area contributed by atoms with Crippen molar-refractivity contribution < 1.29 is 9.59 Å². The van der Waals surface area contributed by atoms with Crippen LogP contribution in [-0.2, 0) is 21.9 Å². The monoisotopic (exact) mass is 325 g/mol. The number of aromatic nitrogens is 1. The van der Waals surface area contributed by atoms with Crippen LogP contribution in [0.15, 0.2) is 5.38 Å². The number of nitrogens with one attached hydrogen (secondary N) is 1. The molecule has 1 N–H and O–H groups in total. The molecule has 0 aromatic carbocycles. The van der Waals surface area contributed by atoms with E-state index in [1.54, 1.807) is 23.1 Å². The Hall–Kier alpha value is -1.08. The highest BCUT2D eigenvalue weighted by atomic mass is 32.2. The van der Waals surface area contributed by atoms with Crippen molar-refractivity contribution in [1.29, 1.82) is 0 Å². The van der Waals surface area contributed by atoms with Crippen molar-refractivity contribution in [3.05, 3.63) is 16.1 Å². The maximum absolute atomic E-state index is 12.2. The summed E-state index contributed by atoms with van der Waals surface area (Å²) in [6.45, 7) is 1.04. The van der Waals surface area contributed by atoms with Crippen LogP contribution < -0.4 is 5.32 Å². The molecule has 2 heterocycles. The predicted molar refractivity (Wildman–Crippen MR) is 84.0 cm³/mol. The van der Waals surface area contributed by atoms with Crippen molar-refractivity contribution in [3.63, 3.8) is 0 Å². The van der Waals surface area contributed by atoms with Gasteiger partial charge in [0.15, 0.2) is 0 Å². The quantitative estimate of drug-likeness (QED) is 0.863. The molecule has 2 amide bonds. The predicted octanol–water partition coefficient (Wildman–Crippen LogP) is 1.63. The Morgan fingerprint density at radius 1 is 1.57 bits per heavy atom. The van der Waals surface area contributed by atoms with Crippen LogP contribution in [0.25, 0.3) is 0 Å². The van der Waals surface area contributed by atoms with E-state index in [9.17, 15) is 9.59 Å². The number of thiazole rings is 1. The number of thioether (sulfide) groups is 1. The molecule has 1 saturated carbocycles. The molecule has 5 nitrogen and oxygen atoms in total. The standard InChI is InChI=1S/C14H19N3O2S2/c1-20-8-12-16-10(7-21-12)5-15-14(19)9-4-13(18)17(6-9)11-2-3-11/h7,9,11H,2-6,8H2,1H3,(H,15,19). The van der Waals surface area contributed by atoms with Gasteiger partial charge >= 0.3 is 0 Å². The molecule has 7 heteroatoms. The van der Waals surface area contributed by atoms with Gasteiger partial charge in [0.25, 0.3) is 0 Å². The van der Waals surface area contributed by atoms with Gasteiger partial charge in [-0.2, -0.15) is 11.8 Å². The average Bonchev–Trinajstić information content (AvgIpc) is 3.09. The van der Waals surface area contributed by atoms with E-state index in [1.165, 1.54) is 0 Å². The third kappa shape index (κ3) is 3.58. The van der Waals surface area contributed by atoms with Crippen LogP contribution in [0.5, 0.6) is 0 Å². The van der Waals surface area contributed by atoms with E-state index < -0.39 is 0 Å². The maximum atomic E-state index is 12.2. The number of carbonyl (C=O) groups is 2. The molecule has 0 spiro atoms. The van der Waals surface area contributed by atoms with E-state index in [0.29, 0.717) is 25.6 Å². The Morgan fingerprint density at radius 3 is 3.10 bits per heavy atom. The first kappa shape index (κ1) is 14.8. The fourth-order valence-electron chi connectivity index (χ4n) is 2.59. The number of likely N-dealkylation sites (tertiary alicyclic amines) is 1. The maximum Gasteiger partial charge on any atom is 0.225 e. The van der Waals surface area contributed by atoms with Crippen LogP contribution in [0.2, 0.25) is 0 Å². The normalized spacial score (nSPS) is 21.9. The van der Waals surface area contributed by atoms with Crippen molar-refractivity contribution >= 4 is 34.9 Å². The topological polar surface area (TPSA) is 62.3 Å². The van der Waals surface area contributed by atoms with Gasteiger partial charge in [-0.3, -0.25) is 9.59 Å². The number of nitrogens with zero attached hydrogens (tertiary/aromatic N) is 2. The van der Waals surface area contributed by atoms with Crippen molar-refractivity contribution in [2.75, 3.05) is 12.8 Å². The van der Waals surface area contributed by atoms with Gasteiger partial charge in [0.05, 0.1) is 18.2 Å². The molecule has 0 radical (unpaired) electrons. The van der Waals surface area contributed by atoms with Gasteiger partial charge in [-0.1, -0.05) is 0 Å². The van der Waals surface area contributed by atoms with Crippen LogP contribution in [0.4, 0.5) is 0 Å². The lowest BCUT2D eigenvalue weighted by Gasteiger charge is -2.15. The highest BCUT2D eigenvalue weighted by Gasteiger charge is 2.41. The molecule has 1 aromatic heterocycles. The van der Waals surface area contributed by atoms with E-state index in [-0.39, 0.29) is 17.7 Å². The molecule has 2 aliphatic rings. The molecule has 0 bridgehead atoms. The molecule has 1 aliphatic heterocycles. The first-order valence-corrected chi connectivity index (χ1v) is 9.44. The third-order valence-corrected chi connectivity index (χ3v) is 5.47. The lowest BCUT2D eigenvalue weighted by molar-refractivity contribution is -0.129. The zero-order valence-electron chi connectivity index (χ0n) is 12.0. The second-order valence-corrected chi connectivity index (χ2v) is 7.37. The second-order valence-electron chi connectivity index (χ2n) is 5.56. The third-order valence-electron chi connectivity index (χ3n) is 3.83. The molecule has 114 valence electrons. The molecular formula is C14H19N3O2S2. The van der Waals surface area contributed by atoms with Crippen LogP contribution in [-0.4, -0.2) is 40.5 Å². The summed E-state index contributed by atoms with van der Waals surface area (Å²) < 4.78 is 0. The van der Waals surface area contributed by atoms with E-state index in [0.717, 1.165) is 29.3 Å². The van der Waals surface area contributed by atoms with Gasteiger partial charge in [-0.05, 0) is 19.1 Å². The average molecular weight is 325 g/mol. The summed E-state index contributed by atoms with van der Waals surface area (Å²) in [7, 11) is 0. The van der Waals surface area contributed by atoms with E-state index in [4.69, 9.17) is 0 Å². The molecule has 1 atom stereocenters. The Balaban J connectivity index is 1.48. The minimum absolute atomic E-state index is 0.0223. The van der Waals surface area contributed by atoms with Gasteiger partial charge in [-0.25, -0.2) is 4.98 Å². The fraction of sp³-hybridized carbons (Fsp3) is 0.643. The molecule has 1 aliphatic carbocycles. The van der Waals surface area contributed by atoms with Gasteiger partial charge in [0.1, 0.15) is 5.01 Å². The molecule has 2 fully saturated rings. The zero-order chi connectivity index (χ0) is 14.8. The van der Waals surface area contributed by atoms with Crippen molar-refractivity contribution in [3.8, 4) is 0 Å². The molecule has 21 heavy (non-hydrogen) atoms. The largest absolute Gasteiger partial charge is 0.350 e. The summed E-state index contributed by atoms with van der Waals surface area (Å²) in [4.78, 5) is 30.4. The first-order valence-electron chi connectivity index (χ1n) is 7.16. The highest BCUT2D eigenvalue weighted by molar-refractivity contribution is 7.97. The zero-order valence-corrected chi connectivity index (χ0v) is 13.6. The van der Waals surface area contributed by atoms with E-state index in [2.05, 4.69) is 10.3 Å². The van der Waals surface area contributed by atoms with Crippen molar-refractivity contribution in [2.24, 2.45) is 5.92 Å². The Labute approximate surface area is 132 Å². The number of amides is 2.